The van der Waals surface area contributed by atoms with Crippen LogP contribution in [0.5, 0.6) is 0 Å². The molecule has 1 heterocycles. The first kappa shape index (κ1) is 14.6. The zero-order valence-electron chi connectivity index (χ0n) is 12.8. The van der Waals surface area contributed by atoms with Crippen LogP contribution in [0.2, 0.25) is 0 Å². The topological polar surface area (TPSA) is 15.6 Å². The first-order valence-corrected chi connectivity index (χ1v) is 7.48. The van der Waals surface area contributed by atoms with E-state index in [2.05, 4.69) is 67.2 Å². The molecule has 0 fully saturated rings. The first-order valence-electron chi connectivity index (χ1n) is 7.48. The van der Waals surface area contributed by atoms with Gasteiger partial charge >= 0.3 is 0 Å². The van der Waals surface area contributed by atoms with Gasteiger partial charge in [0.2, 0.25) is 0 Å². The van der Waals surface area contributed by atoms with Crippen molar-refractivity contribution in [1.82, 2.24) is 0 Å². The predicted octanol–water partition coefficient (Wildman–Crippen LogP) is 4.57. The third kappa shape index (κ3) is 3.02. The summed E-state index contributed by atoms with van der Waals surface area (Å²) in [7, 11) is 0. The van der Waals surface area contributed by atoms with Gasteiger partial charge in [0.05, 0.1) is 12.0 Å². The summed E-state index contributed by atoms with van der Waals surface area (Å²) in [5.74, 6) is 0.462. The van der Waals surface area contributed by atoms with Crippen LogP contribution in [-0.2, 0) is 6.42 Å². The van der Waals surface area contributed by atoms with Gasteiger partial charge < -0.3 is 0 Å². The first-order chi connectivity index (χ1) is 9.67. The molecule has 106 valence electrons. The van der Waals surface area contributed by atoms with Crippen LogP contribution >= 0.6 is 0 Å². The van der Waals surface area contributed by atoms with Crippen molar-refractivity contribution in [2.24, 2.45) is 10.9 Å². The molecule has 2 rings (SSSR count). The number of hydrogen-bond acceptors (Lipinski definition) is 2. The molecule has 0 radical (unpaired) electrons. The highest BCUT2D eigenvalue weighted by atomic mass is 15.2. The second kappa shape index (κ2) is 6.58. The quantitative estimate of drug-likeness (QED) is 0.714. The Morgan fingerprint density at radius 2 is 2.00 bits per heavy atom. The number of aliphatic imine (C=N–C) groups is 1. The van der Waals surface area contributed by atoms with Crippen molar-refractivity contribution in [2.45, 2.75) is 46.1 Å². The number of anilines is 1. The molecule has 0 saturated heterocycles. The summed E-state index contributed by atoms with van der Waals surface area (Å²) in [5, 5.41) is 0. The number of hydrogen-bond donors (Lipinski definition) is 0. The highest BCUT2D eigenvalue weighted by Gasteiger charge is 2.27. The summed E-state index contributed by atoms with van der Waals surface area (Å²) in [5.41, 5.74) is 6.66. The smallest absolute Gasteiger partial charge is 0.102 e. The molecule has 1 aromatic rings. The lowest BCUT2D eigenvalue weighted by Crippen LogP contribution is -2.22. The van der Waals surface area contributed by atoms with E-state index in [0.29, 0.717) is 5.92 Å². The number of nitrogens with zero attached hydrogens (tertiary/aromatic N) is 2. The molecule has 20 heavy (non-hydrogen) atoms. The molecule has 0 amide bonds. The molecule has 2 heteroatoms. The minimum Gasteiger partial charge on any atom is -0.296 e. The molecule has 1 aliphatic rings. The molecule has 0 saturated carbocycles. The molecule has 0 aliphatic carbocycles. The normalized spacial score (nSPS) is 17.9. The molecule has 1 aromatic carbocycles. The second-order valence-corrected chi connectivity index (χ2v) is 5.66. The molecule has 0 bridgehead atoms. The summed E-state index contributed by atoms with van der Waals surface area (Å²) in [6.07, 6.45) is 5.54. The number of unbranched alkanes of at least 4 members (excludes halogenated alkanes) is 1. The van der Waals surface area contributed by atoms with Crippen molar-refractivity contribution in [3.8, 4) is 0 Å². The summed E-state index contributed by atoms with van der Waals surface area (Å²) < 4.78 is 0. The fourth-order valence-electron chi connectivity index (χ4n) is 2.50. The highest BCUT2D eigenvalue weighted by molar-refractivity contribution is 5.86. The van der Waals surface area contributed by atoms with Crippen molar-refractivity contribution >= 4 is 12.0 Å². The van der Waals surface area contributed by atoms with E-state index in [9.17, 15) is 0 Å². The fourth-order valence-corrected chi connectivity index (χ4v) is 2.50. The second-order valence-electron chi connectivity index (χ2n) is 5.66. The standard InChI is InChI=1S/C18H24N2/c1-5-7-8-15-9-11-16(12-10-15)20-13-19-18(14(3)4)17(20)6-2/h9-14,18H,2,5,7-8H2,1,3-4H3. The average Bonchev–Trinajstić information content (AvgIpc) is 2.89. The lowest BCUT2D eigenvalue weighted by atomic mass is 10.0. The summed E-state index contributed by atoms with van der Waals surface area (Å²) in [6, 6.07) is 8.92. The van der Waals surface area contributed by atoms with E-state index in [-0.39, 0.29) is 6.04 Å². The minimum atomic E-state index is 0.173. The van der Waals surface area contributed by atoms with Crippen LogP contribution in [0.3, 0.4) is 0 Å². The van der Waals surface area contributed by atoms with Gasteiger partial charge in [-0.05, 0) is 36.5 Å². The van der Waals surface area contributed by atoms with E-state index < -0.39 is 0 Å². The van der Waals surface area contributed by atoms with Gasteiger partial charge in [0.15, 0.2) is 0 Å². The number of benzene rings is 1. The number of aryl methyl sites for hydroxylation is 1. The Bertz CT molecular complexity index is 519. The Morgan fingerprint density at radius 1 is 1.30 bits per heavy atom. The van der Waals surface area contributed by atoms with Crippen molar-refractivity contribution in [3.63, 3.8) is 0 Å². The Balaban J connectivity index is 2.16. The van der Waals surface area contributed by atoms with E-state index in [4.69, 9.17) is 0 Å². The molecular weight excluding hydrogens is 244 g/mol. The van der Waals surface area contributed by atoms with Crippen LogP contribution in [0.4, 0.5) is 5.69 Å². The molecule has 0 spiro atoms. The van der Waals surface area contributed by atoms with Gasteiger partial charge in [-0.25, -0.2) is 0 Å². The van der Waals surface area contributed by atoms with Crippen LogP contribution < -0.4 is 4.90 Å². The van der Waals surface area contributed by atoms with Crippen molar-refractivity contribution < 1.29 is 0 Å². The largest absolute Gasteiger partial charge is 0.296 e. The van der Waals surface area contributed by atoms with E-state index >= 15 is 0 Å². The fraction of sp³-hybridized carbons (Fsp3) is 0.444. The Morgan fingerprint density at radius 3 is 2.55 bits per heavy atom. The monoisotopic (exact) mass is 268 g/mol. The SMILES string of the molecule is C=C=C1C(C(C)C)N=CN1c1ccc(CCCC)cc1. The van der Waals surface area contributed by atoms with Gasteiger partial charge in [0.1, 0.15) is 6.04 Å². The predicted molar refractivity (Wildman–Crippen MR) is 87.3 cm³/mol. The van der Waals surface area contributed by atoms with Gasteiger partial charge in [-0.2, -0.15) is 0 Å². The van der Waals surface area contributed by atoms with Gasteiger partial charge in [0.25, 0.3) is 0 Å². The van der Waals surface area contributed by atoms with Crippen LogP contribution in [0.25, 0.3) is 0 Å². The zero-order chi connectivity index (χ0) is 14.5. The minimum absolute atomic E-state index is 0.173. The maximum Gasteiger partial charge on any atom is 0.102 e. The third-order valence-electron chi connectivity index (χ3n) is 3.73. The van der Waals surface area contributed by atoms with E-state index in [1.165, 1.54) is 18.4 Å². The van der Waals surface area contributed by atoms with Crippen LogP contribution in [0.1, 0.15) is 39.2 Å². The molecule has 0 aromatic heterocycles. The lowest BCUT2D eigenvalue weighted by Gasteiger charge is -2.20. The van der Waals surface area contributed by atoms with Gasteiger partial charge in [-0.1, -0.05) is 45.9 Å². The molecule has 0 N–H and O–H groups in total. The Labute approximate surface area is 122 Å². The average molecular weight is 268 g/mol. The lowest BCUT2D eigenvalue weighted by molar-refractivity contribution is 0.561. The summed E-state index contributed by atoms with van der Waals surface area (Å²) in [6.45, 7) is 10.4. The van der Waals surface area contributed by atoms with Crippen molar-refractivity contribution in [3.05, 3.63) is 47.8 Å². The summed E-state index contributed by atoms with van der Waals surface area (Å²) >= 11 is 0. The van der Waals surface area contributed by atoms with Gasteiger partial charge in [0, 0.05) is 5.69 Å². The van der Waals surface area contributed by atoms with E-state index in [1.54, 1.807) is 0 Å². The van der Waals surface area contributed by atoms with Crippen LogP contribution in [0, 0.1) is 5.92 Å². The van der Waals surface area contributed by atoms with E-state index in [0.717, 1.165) is 17.8 Å². The third-order valence-corrected chi connectivity index (χ3v) is 3.73. The van der Waals surface area contributed by atoms with Gasteiger partial charge in [-0.3, -0.25) is 9.89 Å². The van der Waals surface area contributed by atoms with Crippen LogP contribution in [0.15, 0.2) is 47.3 Å². The molecule has 2 nitrogen and oxygen atoms in total. The maximum atomic E-state index is 4.58. The Kier molecular flexibility index (Phi) is 4.81. The van der Waals surface area contributed by atoms with Gasteiger partial charge in [-0.15, -0.1) is 5.73 Å². The molecule has 1 aliphatic heterocycles. The number of rotatable bonds is 5. The maximum absolute atomic E-state index is 4.58. The van der Waals surface area contributed by atoms with Crippen LogP contribution in [-0.4, -0.2) is 12.4 Å². The zero-order valence-corrected chi connectivity index (χ0v) is 12.8. The molecule has 1 unspecified atom stereocenters. The molecular formula is C18H24N2. The molecule has 1 atom stereocenters. The highest BCUT2D eigenvalue weighted by Crippen LogP contribution is 2.28. The Hall–Kier alpha value is -1.79. The van der Waals surface area contributed by atoms with E-state index in [1.807, 2.05) is 6.34 Å². The van der Waals surface area contributed by atoms with Crippen molar-refractivity contribution in [2.75, 3.05) is 4.90 Å². The summed E-state index contributed by atoms with van der Waals surface area (Å²) in [4.78, 5) is 6.68. The van der Waals surface area contributed by atoms with Crippen molar-refractivity contribution in [1.29, 1.82) is 0 Å².